The van der Waals surface area contributed by atoms with Crippen LogP contribution in [-0.4, -0.2) is 37.2 Å². The number of ether oxygens (including phenoxy) is 3. The number of rotatable bonds is 49. The lowest BCUT2D eigenvalue weighted by Crippen LogP contribution is -2.30. The Morgan fingerprint density at radius 3 is 1.01 bits per heavy atom. The summed E-state index contributed by atoms with van der Waals surface area (Å²) in [4.78, 5) is 38.1. The van der Waals surface area contributed by atoms with Crippen LogP contribution in [0.3, 0.4) is 0 Å². The van der Waals surface area contributed by atoms with E-state index in [4.69, 9.17) is 14.2 Å². The second kappa shape index (κ2) is 56.4. The minimum atomic E-state index is -0.819. The Morgan fingerprint density at radius 1 is 0.319 bits per heavy atom. The lowest BCUT2D eigenvalue weighted by atomic mass is 10.1. The van der Waals surface area contributed by atoms with Crippen molar-refractivity contribution in [1.82, 2.24) is 0 Å². The maximum absolute atomic E-state index is 12.8. The zero-order valence-electron chi connectivity index (χ0n) is 44.5. The van der Waals surface area contributed by atoms with E-state index < -0.39 is 6.10 Å². The first-order chi connectivity index (χ1) is 34.0. The van der Waals surface area contributed by atoms with Crippen molar-refractivity contribution in [2.24, 2.45) is 0 Å². The van der Waals surface area contributed by atoms with Gasteiger partial charge in [-0.2, -0.15) is 0 Å². The van der Waals surface area contributed by atoms with Gasteiger partial charge in [0.05, 0.1) is 0 Å². The SMILES string of the molecule is CC/C=C\C/C=C\C/C=C\C/C=C\C/C=C\CCCC(=O)OC(COC(=O)CCCCCCCC/C=C\C=C/CCCCC)COC(=O)CCCCCCCCCCC/C=C\C/C=C\C/C=C\CC. The second-order valence-electron chi connectivity index (χ2n) is 18.1. The van der Waals surface area contributed by atoms with E-state index in [1.54, 1.807) is 0 Å². The van der Waals surface area contributed by atoms with Gasteiger partial charge in [-0.15, -0.1) is 0 Å². The zero-order chi connectivity index (χ0) is 50.0. The lowest BCUT2D eigenvalue weighted by Gasteiger charge is -2.18. The van der Waals surface area contributed by atoms with Gasteiger partial charge >= 0.3 is 17.9 Å². The standard InChI is InChI=1S/C63H102O6/c1-4-7-10-13-16-19-22-25-28-30-31-33-35-38-41-44-47-50-53-56-62(65)68-59-60(58-67-61(64)55-52-49-46-43-40-37-34-27-24-21-18-15-12-9-6-3)69-63(66)57-54-51-48-45-42-39-36-32-29-26-23-20-17-14-11-8-5-2/h7-8,10-11,16-21,24-29,36,39,45,48,60H,4-6,9,12-15,22-23,30-35,37-38,40-44,46-47,49-59H2,1-3H3/b10-7-,11-8-,19-16-,20-17-,21-18-,27-24-,28-25-,29-26-,39-36-,48-45-. The smallest absolute Gasteiger partial charge is 0.306 e. The van der Waals surface area contributed by atoms with Crippen molar-refractivity contribution in [3.63, 3.8) is 0 Å². The van der Waals surface area contributed by atoms with Gasteiger partial charge < -0.3 is 14.2 Å². The molecule has 390 valence electrons. The lowest BCUT2D eigenvalue weighted by molar-refractivity contribution is -0.167. The first kappa shape index (κ1) is 64.8. The van der Waals surface area contributed by atoms with Crippen LogP contribution in [0.2, 0.25) is 0 Å². The molecule has 0 aromatic carbocycles. The van der Waals surface area contributed by atoms with Gasteiger partial charge in [-0.05, 0) is 116 Å². The Balaban J connectivity index is 4.50. The normalized spacial score (nSPS) is 13.0. The Hall–Kier alpha value is -4.19. The summed E-state index contributed by atoms with van der Waals surface area (Å²) in [6.45, 7) is 6.32. The number of hydrogen-bond donors (Lipinski definition) is 0. The molecule has 0 aromatic rings. The molecule has 69 heavy (non-hydrogen) atoms. The molecular weight excluding hydrogens is 853 g/mol. The average molecular weight is 956 g/mol. The fourth-order valence-corrected chi connectivity index (χ4v) is 7.31. The highest BCUT2D eigenvalue weighted by atomic mass is 16.6. The largest absolute Gasteiger partial charge is 0.462 e. The van der Waals surface area contributed by atoms with Crippen LogP contribution in [-0.2, 0) is 28.6 Å². The van der Waals surface area contributed by atoms with Crippen LogP contribution in [0.1, 0.15) is 239 Å². The summed E-state index contributed by atoms with van der Waals surface area (Å²) in [6.07, 6.45) is 77.6. The van der Waals surface area contributed by atoms with Crippen LogP contribution in [0, 0.1) is 0 Å². The first-order valence-electron chi connectivity index (χ1n) is 28.1. The number of allylic oxidation sites excluding steroid dienone is 20. The maximum atomic E-state index is 12.8. The van der Waals surface area contributed by atoms with Gasteiger partial charge in [0.15, 0.2) is 6.10 Å². The predicted molar refractivity (Wildman–Crippen MR) is 297 cm³/mol. The van der Waals surface area contributed by atoms with Gasteiger partial charge in [0.2, 0.25) is 0 Å². The van der Waals surface area contributed by atoms with Crippen molar-refractivity contribution in [1.29, 1.82) is 0 Å². The average Bonchev–Trinajstić information content (AvgIpc) is 3.35. The second-order valence-corrected chi connectivity index (χ2v) is 18.1. The maximum Gasteiger partial charge on any atom is 0.306 e. The highest BCUT2D eigenvalue weighted by molar-refractivity contribution is 5.71. The van der Waals surface area contributed by atoms with Gasteiger partial charge in [0, 0.05) is 19.3 Å². The molecule has 0 aliphatic carbocycles. The Labute approximate surface area is 424 Å². The summed E-state index contributed by atoms with van der Waals surface area (Å²) in [6, 6.07) is 0. The molecule has 6 heteroatoms. The van der Waals surface area contributed by atoms with E-state index in [1.807, 2.05) is 0 Å². The third-order valence-electron chi connectivity index (χ3n) is 11.5. The summed E-state index contributed by atoms with van der Waals surface area (Å²) in [5.41, 5.74) is 0. The monoisotopic (exact) mass is 955 g/mol. The molecule has 0 aromatic heterocycles. The van der Waals surface area contributed by atoms with Crippen LogP contribution in [0.4, 0.5) is 0 Å². The molecule has 1 atom stereocenters. The molecule has 0 rings (SSSR count). The third-order valence-corrected chi connectivity index (χ3v) is 11.5. The van der Waals surface area contributed by atoms with Crippen LogP contribution in [0.5, 0.6) is 0 Å². The predicted octanol–water partition coefficient (Wildman–Crippen LogP) is 18.9. The molecule has 0 saturated carbocycles. The van der Waals surface area contributed by atoms with Gasteiger partial charge in [0.25, 0.3) is 0 Å². The Bertz CT molecular complexity index is 1470. The van der Waals surface area contributed by atoms with E-state index in [9.17, 15) is 14.4 Å². The van der Waals surface area contributed by atoms with Crippen molar-refractivity contribution in [2.45, 2.75) is 245 Å². The summed E-state index contributed by atoms with van der Waals surface area (Å²) in [7, 11) is 0. The molecule has 0 amide bonds. The number of unbranched alkanes of at least 4 members (excludes halogenated alkanes) is 19. The van der Waals surface area contributed by atoms with Crippen molar-refractivity contribution in [3.05, 3.63) is 122 Å². The number of carbonyl (C=O) groups excluding carboxylic acids is 3. The van der Waals surface area contributed by atoms with E-state index >= 15 is 0 Å². The molecule has 1 unspecified atom stereocenters. The fourth-order valence-electron chi connectivity index (χ4n) is 7.31. The van der Waals surface area contributed by atoms with Crippen LogP contribution in [0.25, 0.3) is 0 Å². The molecule has 0 bridgehead atoms. The molecule has 0 aliphatic heterocycles. The Morgan fingerprint density at radius 2 is 0.623 bits per heavy atom. The van der Waals surface area contributed by atoms with Gasteiger partial charge in [0.1, 0.15) is 13.2 Å². The van der Waals surface area contributed by atoms with Crippen molar-refractivity contribution >= 4 is 17.9 Å². The molecule has 0 heterocycles. The van der Waals surface area contributed by atoms with E-state index in [2.05, 4.69) is 142 Å². The molecule has 0 saturated heterocycles. The summed E-state index contributed by atoms with van der Waals surface area (Å²) in [5, 5.41) is 0. The zero-order valence-corrected chi connectivity index (χ0v) is 44.5. The van der Waals surface area contributed by atoms with Crippen LogP contribution in [0.15, 0.2) is 122 Å². The molecular formula is C63H102O6. The minimum absolute atomic E-state index is 0.110. The summed E-state index contributed by atoms with van der Waals surface area (Å²) in [5.74, 6) is -0.989. The number of esters is 3. The van der Waals surface area contributed by atoms with Crippen molar-refractivity contribution in [3.8, 4) is 0 Å². The van der Waals surface area contributed by atoms with Gasteiger partial charge in [-0.1, -0.05) is 226 Å². The van der Waals surface area contributed by atoms with E-state index in [-0.39, 0.29) is 37.5 Å². The van der Waals surface area contributed by atoms with Crippen LogP contribution < -0.4 is 0 Å². The Kier molecular flexibility index (Phi) is 53.0. The fraction of sp³-hybridized carbons (Fsp3) is 0.635. The van der Waals surface area contributed by atoms with Crippen molar-refractivity contribution in [2.75, 3.05) is 13.2 Å². The molecule has 0 radical (unpaired) electrons. The molecule has 0 aliphatic rings. The van der Waals surface area contributed by atoms with Crippen LogP contribution >= 0.6 is 0 Å². The summed E-state index contributed by atoms with van der Waals surface area (Å²) < 4.78 is 16.8. The van der Waals surface area contributed by atoms with E-state index in [1.165, 1.54) is 77.0 Å². The molecule has 0 spiro atoms. The topological polar surface area (TPSA) is 78.9 Å². The number of carbonyl (C=O) groups is 3. The van der Waals surface area contributed by atoms with Gasteiger partial charge in [-0.25, -0.2) is 0 Å². The molecule has 6 nitrogen and oxygen atoms in total. The van der Waals surface area contributed by atoms with Gasteiger partial charge in [-0.3, -0.25) is 14.4 Å². The van der Waals surface area contributed by atoms with E-state index in [0.717, 1.165) is 116 Å². The van der Waals surface area contributed by atoms with Crippen molar-refractivity contribution < 1.29 is 28.6 Å². The minimum Gasteiger partial charge on any atom is -0.462 e. The third kappa shape index (κ3) is 54.6. The highest BCUT2D eigenvalue weighted by Crippen LogP contribution is 2.14. The molecule has 0 N–H and O–H groups in total. The summed E-state index contributed by atoms with van der Waals surface area (Å²) >= 11 is 0. The molecule has 0 fully saturated rings. The number of hydrogen-bond acceptors (Lipinski definition) is 6. The quantitative estimate of drug-likeness (QED) is 0.0199. The first-order valence-corrected chi connectivity index (χ1v) is 28.1. The highest BCUT2D eigenvalue weighted by Gasteiger charge is 2.19. The van der Waals surface area contributed by atoms with E-state index in [0.29, 0.717) is 19.3 Å².